The summed E-state index contributed by atoms with van der Waals surface area (Å²) in [4.78, 5) is 13.2. The number of carbonyl (C=O) groups is 1. The fourth-order valence-electron chi connectivity index (χ4n) is 2.60. The molecule has 0 aromatic carbocycles. The van der Waals surface area contributed by atoms with Crippen LogP contribution in [0.25, 0.3) is 0 Å². The highest BCUT2D eigenvalue weighted by molar-refractivity contribution is 9.13. The summed E-state index contributed by atoms with van der Waals surface area (Å²) in [7, 11) is 0. The molecular formula is C18H30Br6O2. The van der Waals surface area contributed by atoms with Gasteiger partial charge >= 0.3 is 5.97 Å². The molecule has 2 nitrogen and oxygen atoms in total. The van der Waals surface area contributed by atoms with E-state index in [1.165, 1.54) is 12.8 Å². The number of hydrogen-bond donors (Lipinski definition) is 1. The Kier molecular flexibility index (Phi) is 18.6. The first kappa shape index (κ1) is 28.4. The summed E-state index contributed by atoms with van der Waals surface area (Å²) in [5.74, 6) is -0.686. The maximum atomic E-state index is 10.5. The van der Waals surface area contributed by atoms with Crippen LogP contribution >= 0.6 is 95.6 Å². The topological polar surface area (TPSA) is 37.3 Å². The lowest BCUT2D eigenvalue weighted by molar-refractivity contribution is -0.137. The van der Waals surface area contributed by atoms with Crippen LogP contribution in [0, 0.1) is 0 Å². The Balaban J connectivity index is 3.94. The zero-order valence-corrected chi connectivity index (χ0v) is 24.7. The minimum absolute atomic E-state index is 0.300. The molecule has 6 atom stereocenters. The third-order valence-corrected chi connectivity index (χ3v) is 12.9. The molecule has 0 heterocycles. The molecule has 0 amide bonds. The minimum atomic E-state index is -0.686. The number of carboxylic acid groups (broad SMARTS) is 1. The normalized spacial score (nSPS) is 18.7. The van der Waals surface area contributed by atoms with E-state index in [2.05, 4.69) is 103 Å². The van der Waals surface area contributed by atoms with Gasteiger partial charge in [-0.2, -0.15) is 0 Å². The second-order valence-electron chi connectivity index (χ2n) is 6.68. The lowest BCUT2D eigenvalue weighted by Gasteiger charge is -2.25. The van der Waals surface area contributed by atoms with Gasteiger partial charge in [-0.05, 0) is 32.1 Å². The van der Waals surface area contributed by atoms with Gasteiger partial charge in [-0.1, -0.05) is 128 Å². The summed E-state index contributed by atoms with van der Waals surface area (Å²) in [6.07, 6.45) is 9.99. The van der Waals surface area contributed by atoms with Crippen LogP contribution in [0.3, 0.4) is 0 Å². The SMILES string of the molecule is CC[C@@H](Br)[C@@H](Br)C[C@H](Br)[C@H](Br)C[C@H](Br)[C@H](Br)CCCCCCCC(=O)O. The highest BCUT2D eigenvalue weighted by Crippen LogP contribution is 2.33. The van der Waals surface area contributed by atoms with Crippen molar-refractivity contribution in [3.8, 4) is 0 Å². The van der Waals surface area contributed by atoms with E-state index in [0.717, 1.165) is 44.9 Å². The molecule has 0 bridgehead atoms. The van der Waals surface area contributed by atoms with Crippen LogP contribution in [-0.4, -0.2) is 40.0 Å². The van der Waals surface area contributed by atoms with Crippen molar-refractivity contribution in [2.75, 3.05) is 0 Å². The molecular weight excluding hydrogens is 728 g/mol. The standard InChI is InChI=1S/C18H30Br6O2/c1-2-12(19)14(21)10-16(23)17(24)11-15(22)13(20)8-6-4-3-5-7-9-18(25)26/h12-17H,2-11H2,1H3,(H,25,26)/t12-,13-,14+,15+,16+,17-/m1/s1. The summed E-state index contributed by atoms with van der Waals surface area (Å²) in [5, 5.41) is 8.63. The van der Waals surface area contributed by atoms with E-state index in [0.29, 0.717) is 35.4 Å². The fraction of sp³-hybridized carbons (Fsp3) is 0.944. The molecule has 0 aromatic heterocycles. The van der Waals surface area contributed by atoms with Crippen LogP contribution in [0.1, 0.15) is 71.1 Å². The van der Waals surface area contributed by atoms with Crippen molar-refractivity contribution in [3.05, 3.63) is 0 Å². The van der Waals surface area contributed by atoms with Crippen LogP contribution in [0.15, 0.2) is 0 Å². The quantitative estimate of drug-likeness (QED) is 0.127. The zero-order valence-electron chi connectivity index (χ0n) is 15.2. The average molecular weight is 758 g/mol. The predicted octanol–water partition coefficient (Wildman–Crippen LogP) is 8.57. The van der Waals surface area contributed by atoms with Gasteiger partial charge < -0.3 is 5.11 Å². The molecule has 1 N–H and O–H groups in total. The van der Waals surface area contributed by atoms with Crippen LogP contribution in [0.4, 0.5) is 0 Å². The highest BCUT2D eigenvalue weighted by Gasteiger charge is 2.26. The molecule has 0 fully saturated rings. The molecule has 0 aliphatic heterocycles. The van der Waals surface area contributed by atoms with Crippen molar-refractivity contribution in [2.24, 2.45) is 0 Å². The Labute approximate surface area is 209 Å². The molecule has 0 aliphatic carbocycles. The molecule has 0 aliphatic rings. The van der Waals surface area contributed by atoms with Crippen molar-refractivity contribution in [2.45, 2.75) is 100 Å². The summed E-state index contributed by atoms with van der Waals surface area (Å²) < 4.78 is 0. The molecule has 0 spiro atoms. The minimum Gasteiger partial charge on any atom is -0.481 e. The number of aliphatic carboxylic acids is 1. The van der Waals surface area contributed by atoms with E-state index in [9.17, 15) is 4.79 Å². The van der Waals surface area contributed by atoms with Gasteiger partial charge in [-0.25, -0.2) is 0 Å². The fourth-order valence-corrected chi connectivity index (χ4v) is 7.04. The molecule has 0 unspecified atom stereocenters. The average Bonchev–Trinajstić information content (AvgIpc) is 2.59. The first-order chi connectivity index (χ1) is 12.2. The van der Waals surface area contributed by atoms with E-state index in [1.54, 1.807) is 0 Å². The Morgan fingerprint density at radius 1 is 0.692 bits per heavy atom. The number of hydrogen-bond acceptors (Lipinski definition) is 1. The summed E-state index contributed by atoms with van der Waals surface area (Å²) >= 11 is 22.9. The van der Waals surface area contributed by atoms with Crippen molar-refractivity contribution in [3.63, 3.8) is 0 Å². The number of carboxylic acids is 1. The second kappa shape index (κ2) is 17.1. The molecule has 156 valence electrons. The lowest BCUT2D eigenvalue weighted by Crippen LogP contribution is -2.27. The van der Waals surface area contributed by atoms with Crippen LogP contribution in [0.2, 0.25) is 0 Å². The Bertz CT molecular complexity index is 372. The van der Waals surface area contributed by atoms with E-state index in [4.69, 9.17) is 5.11 Å². The third kappa shape index (κ3) is 14.4. The van der Waals surface area contributed by atoms with Gasteiger partial charge in [0, 0.05) is 35.4 Å². The molecule has 0 rings (SSSR count). The van der Waals surface area contributed by atoms with Gasteiger partial charge in [0.25, 0.3) is 0 Å². The van der Waals surface area contributed by atoms with Gasteiger partial charge in [-0.3, -0.25) is 4.79 Å². The van der Waals surface area contributed by atoms with Crippen molar-refractivity contribution < 1.29 is 9.90 Å². The van der Waals surface area contributed by atoms with E-state index in [1.807, 2.05) is 0 Å². The maximum absolute atomic E-state index is 10.5. The molecule has 0 saturated carbocycles. The Hall–Kier alpha value is 2.35. The summed E-state index contributed by atoms with van der Waals surface area (Å²) in [5.41, 5.74) is 0. The molecule has 26 heavy (non-hydrogen) atoms. The van der Waals surface area contributed by atoms with Gasteiger partial charge in [0.2, 0.25) is 0 Å². The smallest absolute Gasteiger partial charge is 0.303 e. The monoisotopic (exact) mass is 752 g/mol. The first-order valence-electron chi connectivity index (χ1n) is 9.25. The molecule has 0 aromatic rings. The highest BCUT2D eigenvalue weighted by atomic mass is 79.9. The number of unbranched alkanes of at least 4 members (excludes halogenated alkanes) is 4. The number of alkyl halides is 6. The Morgan fingerprint density at radius 3 is 1.62 bits per heavy atom. The predicted molar refractivity (Wildman–Crippen MR) is 136 cm³/mol. The van der Waals surface area contributed by atoms with Gasteiger partial charge in [-0.15, -0.1) is 0 Å². The number of rotatable bonds is 16. The number of halogens is 6. The van der Waals surface area contributed by atoms with Crippen molar-refractivity contribution in [1.29, 1.82) is 0 Å². The van der Waals surface area contributed by atoms with Crippen molar-refractivity contribution in [1.82, 2.24) is 0 Å². The van der Waals surface area contributed by atoms with E-state index < -0.39 is 5.97 Å². The maximum Gasteiger partial charge on any atom is 0.303 e. The van der Waals surface area contributed by atoms with Crippen LogP contribution < -0.4 is 0 Å². The third-order valence-electron chi connectivity index (χ3n) is 4.34. The van der Waals surface area contributed by atoms with Gasteiger partial charge in [0.05, 0.1) is 0 Å². The molecule has 0 saturated heterocycles. The first-order valence-corrected chi connectivity index (χ1v) is 14.7. The van der Waals surface area contributed by atoms with E-state index in [-0.39, 0.29) is 0 Å². The Morgan fingerprint density at radius 2 is 1.12 bits per heavy atom. The largest absolute Gasteiger partial charge is 0.481 e. The summed E-state index contributed by atoms with van der Waals surface area (Å²) in [6.45, 7) is 2.19. The van der Waals surface area contributed by atoms with Gasteiger partial charge in [0.1, 0.15) is 0 Å². The van der Waals surface area contributed by atoms with Gasteiger partial charge in [0.15, 0.2) is 0 Å². The van der Waals surface area contributed by atoms with Crippen LogP contribution in [-0.2, 0) is 4.79 Å². The van der Waals surface area contributed by atoms with Crippen molar-refractivity contribution >= 4 is 102 Å². The molecule has 8 heteroatoms. The van der Waals surface area contributed by atoms with E-state index >= 15 is 0 Å². The lowest BCUT2D eigenvalue weighted by atomic mass is 10.0. The van der Waals surface area contributed by atoms with Crippen LogP contribution in [0.5, 0.6) is 0 Å². The summed E-state index contributed by atoms with van der Waals surface area (Å²) in [6, 6.07) is 0. The molecule has 0 radical (unpaired) electrons. The second-order valence-corrected chi connectivity index (χ2v) is 13.7. The zero-order chi connectivity index (χ0) is 20.1.